The van der Waals surface area contributed by atoms with Crippen molar-refractivity contribution in [3.05, 3.63) is 29.1 Å². The van der Waals surface area contributed by atoms with Crippen molar-refractivity contribution < 1.29 is 9.26 Å². The van der Waals surface area contributed by atoms with E-state index in [1.54, 1.807) is 18.2 Å². The second-order valence-corrected chi connectivity index (χ2v) is 3.44. The van der Waals surface area contributed by atoms with Gasteiger partial charge in [-0.1, -0.05) is 22.8 Å². The summed E-state index contributed by atoms with van der Waals surface area (Å²) in [4.78, 5) is 4.11. The fraction of sp³-hybridized carbons (Fsp3) is 0.200. The fourth-order valence-corrected chi connectivity index (χ4v) is 1.59. The van der Waals surface area contributed by atoms with Crippen LogP contribution in [0.3, 0.4) is 0 Å². The summed E-state index contributed by atoms with van der Waals surface area (Å²) >= 11 is 5.98. The first-order chi connectivity index (χ1) is 7.76. The Kier molecular flexibility index (Phi) is 3.07. The molecule has 2 aromatic rings. The molecule has 1 aromatic carbocycles. The van der Waals surface area contributed by atoms with Crippen LogP contribution in [0.2, 0.25) is 5.02 Å². The Morgan fingerprint density at radius 2 is 2.31 bits per heavy atom. The Morgan fingerprint density at radius 3 is 2.94 bits per heavy atom. The molecule has 5 nitrogen and oxygen atoms in total. The van der Waals surface area contributed by atoms with Crippen LogP contribution in [0.15, 0.2) is 22.7 Å². The number of ether oxygens (including phenoxy) is 1. The summed E-state index contributed by atoms with van der Waals surface area (Å²) in [5, 5.41) is 4.30. The van der Waals surface area contributed by atoms with Crippen LogP contribution < -0.4 is 10.5 Å². The van der Waals surface area contributed by atoms with Crippen LogP contribution in [0.4, 0.5) is 0 Å². The lowest BCUT2D eigenvalue weighted by atomic mass is 10.2. The van der Waals surface area contributed by atoms with Gasteiger partial charge in [0.25, 0.3) is 0 Å². The highest BCUT2D eigenvalue weighted by molar-refractivity contribution is 6.32. The molecule has 2 N–H and O–H groups in total. The van der Waals surface area contributed by atoms with Crippen molar-refractivity contribution in [1.82, 2.24) is 10.1 Å². The molecular formula is C10H10ClN3O2. The zero-order chi connectivity index (χ0) is 11.5. The van der Waals surface area contributed by atoms with Gasteiger partial charge in [-0.2, -0.15) is 4.98 Å². The molecule has 0 saturated heterocycles. The molecule has 0 amide bonds. The van der Waals surface area contributed by atoms with E-state index in [9.17, 15) is 0 Å². The van der Waals surface area contributed by atoms with Crippen molar-refractivity contribution in [3.63, 3.8) is 0 Å². The highest BCUT2D eigenvalue weighted by Crippen LogP contribution is 2.34. The monoisotopic (exact) mass is 239 g/mol. The van der Waals surface area contributed by atoms with E-state index in [1.807, 2.05) is 0 Å². The van der Waals surface area contributed by atoms with Crippen LogP contribution >= 0.6 is 11.6 Å². The van der Waals surface area contributed by atoms with Gasteiger partial charge in [-0.3, -0.25) is 0 Å². The maximum absolute atomic E-state index is 5.98. The number of nitrogens with two attached hydrogens (primary N) is 1. The number of hydrogen-bond donors (Lipinski definition) is 1. The van der Waals surface area contributed by atoms with Gasteiger partial charge >= 0.3 is 0 Å². The smallest absolute Gasteiger partial charge is 0.240 e. The topological polar surface area (TPSA) is 74.2 Å². The van der Waals surface area contributed by atoms with Gasteiger partial charge in [-0.05, 0) is 12.1 Å². The molecule has 0 spiro atoms. The predicted octanol–water partition coefficient (Wildman–Crippen LogP) is 1.86. The molecule has 1 heterocycles. The third-order valence-corrected chi connectivity index (χ3v) is 2.35. The number of halogens is 1. The summed E-state index contributed by atoms with van der Waals surface area (Å²) in [5.74, 6) is 1.31. The van der Waals surface area contributed by atoms with E-state index in [-0.39, 0.29) is 6.54 Å². The molecular weight excluding hydrogens is 230 g/mol. The average Bonchev–Trinajstić information content (AvgIpc) is 2.77. The minimum Gasteiger partial charge on any atom is -0.494 e. The predicted molar refractivity (Wildman–Crippen MR) is 59.2 cm³/mol. The van der Waals surface area contributed by atoms with Crippen LogP contribution in [0.1, 0.15) is 5.89 Å². The van der Waals surface area contributed by atoms with Gasteiger partial charge in [0.05, 0.1) is 24.2 Å². The van der Waals surface area contributed by atoms with Gasteiger partial charge in [0.1, 0.15) is 5.75 Å². The molecule has 0 atom stereocenters. The van der Waals surface area contributed by atoms with E-state index in [0.717, 1.165) is 0 Å². The second-order valence-electron chi connectivity index (χ2n) is 3.04. The zero-order valence-electron chi connectivity index (χ0n) is 8.61. The molecule has 0 fully saturated rings. The Balaban J connectivity index is 2.50. The number of aromatic nitrogens is 2. The SMILES string of the molecule is COc1c(Cl)cccc1-c1noc(CN)n1. The lowest BCUT2D eigenvalue weighted by molar-refractivity contribution is 0.380. The van der Waals surface area contributed by atoms with Gasteiger partial charge in [-0.15, -0.1) is 0 Å². The maximum atomic E-state index is 5.98. The summed E-state index contributed by atoms with van der Waals surface area (Å²) in [6.07, 6.45) is 0. The van der Waals surface area contributed by atoms with Crippen LogP contribution in [-0.4, -0.2) is 17.3 Å². The van der Waals surface area contributed by atoms with Crippen molar-refractivity contribution in [2.45, 2.75) is 6.54 Å². The Bertz CT molecular complexity index is 499. The molecule has 0 unspecified atom stereocenters. The quantitative estimate of drug-likeness (QED) is 0.885. The molecule has 6 heteroatoms. The van der Waals surface area contributed by atoms with E-state index in [4.69, 9.17) is 26.6 Å². The molecule has 0 aliphatic heterocycles. The molecule has 0 saturated carbocycles. The first-order valence-corrected chi connectivity index (χ1v) is 4.99. The third kappa shape index (κ3) is 1.87. The van der Waals surface area contributed by atoms with Gasteiger partial charge < -0.3 is 15.0 Å². The van der Waals surface area contributed by atoms with Crippen molar-refractivity contribution >= 4 is 11.6 Å². The molecule has 0 aliphatic rings. The maximum Gasteiger partial charge on any atom is 0.240 e. The zero-order valence-corrected chi connectivity index (χ0v) is 9.36. The highest BCUT2D eigenvalue weighted by Gasteiger charge is 2.14. The molecule has 1 aromatic heterocycles. The lowest BCUT2D eigenvalue weighted by Crippen LogP contribution is -1.96. The molecule has 2 rings (SSSR count). The van der Waals surface area contributed by atoms with Crippen molar-refractivity contribution in [3.8, 4) is 17.1 Å². The number of para-hydroxylation sites is 1. The van der Waals surface area contributed by atoms with Crippen molar-refractivity contribution in [2.75, 3.05) is 7.11 Å². The van der Waals surface area contributed by atoms with Gasteiger partial charge in [0.2, 0.25) is 11.7 Å². The molecule has 0 bridgehead atoms. The minimum absolute atomic E-state index is 0.204. The van der Waals surface area contributed by atoms with Crippen LogP contribution in [0, 0.1) is 0 Å². The van der Waals surface area contributed by atoms with Crippen molar-refractivity contribution in [1.29, 1.82) is 0 Å². The second kappa shape index (κ2) is 4.51. The summed E-state index contributed by atoms with van der Waals surface area (Å²) in [5.41, 5.74) is 6.07. The van der Waals surface area contributed by atoms with E-state index in [0.29, 0.717) is 28.1 Å². The number of hydrogen-bond acceptors (Lipinski definition) is 5. The van der Waals surface area contributed by atoms with Crippen LogP contribution in [0.25, 0.3) is 11.4 Å². The van der Waals surface area contributed by atoms with E-state index >= 15 is 0 Å². The summed E-state index contributed by atoms with van der Waals surface area (Å²) in [6.45, 7) is 0.204. The summed E-state index contributed by atoms with van der Waals surface area (Å²) in [6, 6.07) is 5.32. The van der Waals surface area contributed by atoms with Gasteiger partial charge in [0, 0.05) is 0 Å². The normalized spacial score (nSPS) is 10.4. The average molecular weight is 240 g/mol. The standard InChI is InChI=1S/C10H10ClN3O2/c1-15-9-6(3-2-4-7(9)11)10-13-8(5-12)16-14-10/h2-4H,5,12H2,1H3. The lowest BCUT2D eigenvalue weighted by Gasteiger charge is -2.06. The Morgan fingerprint density at radius 1 is 1.50 bits per heavy atom. The van der Waals surface area contributed by atoms with Crippen LogP contribution in [0.5, 0.6) is 5.75 Å². The number of nitrogens with zero attached hydrogens (tertiary/aromatic N) is 2. The minimum atomic E-state index is 0.204. The van der Waals surface area contributed by atoms with E-state index < -0.39 is 0 Å². The Labute approximate surface area is 97.2 Å². The van der Waals surface area contributed by atoms with Crippen molar-refractivity contribution in [2.24, 2.45) is 5.73 Å². The summed E-state index contributed by atoms with van der Waals surface area (Å²) < 4.78 is 10.1. The molecule has 84 valence electrons. The fourth-order valence-electron chi connectivity index (χ4n) is 1.34. The number of rotatable bonds is 3. The number of methoxy groups -OCH3 is 1. The largest absolute Gasteiger partial charge is 0.494 e. The van der Waals surface area contributed by atoms with Gasteiger partial charge in [0.15, 0.2) is 0 Å². The first-order valence-electron chi connectivity index (χ1n) is 4.61. The first kappa shape index (κ1) is 10.9. The third-order valence-electron chi connectivity index (χ3n) is 2.05. The number of benzene rings is 1. The molecule has 0 radical (unpaired) electrons. The molecule has 0 aliphatic carbocycles. The highest BCUT2D eigenvalue weighted by atomic mass is 35.5. The van der Waals surface area contributed by atoms with E-state index in [2.05, 4.69) is 10.1 Å². The van der Waals surface area contributed by atoms with Gasteiger partial charge in [-0.25, -0.2) is 0 Å². The van der Waals surface area contributed by atoms with E-state index in [1.165, 1.54) is 7.11 Å². The summed E-state index contributed by atoms with van der Waals surface area (Å²) in [7, 11) is 1.54. The Hall–Kier alpha value is -1.59. The molecule has 16 heavy (non-hydrogen) atoms. The van der Waals surface area contributed by atoms with Crippen LogP contribution in [-0.2, 0) is 6.54 Å².